The highest BCUT2D eigenvalue weighted by molar-refractivity contribution is 4.70. The Balaban J connectivity index is 3.45. The van der Waals surface area contributed by atoms with E-state index >= 15 is 0 Å². The molecule has 0 aromatic heterocycles. The highest BCUT2D eigenvalue weighted by Crippen LogP contribution is 2.20. The van der Waals surface area contributed by atoms with Crippen LogP contribution in [-0.4, -0.2) is 18.8 Å². The van der Waals surface area contributed by atoms with Gasteiger partial charge in [0.2, 0.25) is 0 Å². The van der Waals surface area contributed by atoms with Crippen LogP contribution in [-0.2, 0) is 4.74 Å². The number of hydrogen-bond donors (Lipinski definition) is 1. The standard InChI is InChI=1S/C12H27NO/c1-11(2)10-12(3,4)14-9-7-5-6-8-13/h11H,5-10,13H2,1-4H3. The third-order valence-electron chi connectivity index (χ3n) is 2.24. The van der Waals surface area contributed by atoms with E-state index in [-0.39, 0.29) is 5.60 Å². The van der Waals surface area contributed by atoms with Crippen molar-refractivity contribution in [2.45, 2.75) is 59.0 Å². The molecule has 0 fully saturated rings. The minimum Gasteiger partial charge on any atom is -0.376 e. The molecule has 0 heterocycles. The van der Waals surface area contributed by atoms with Crippen LogP contribution in [0.2, 0.25) is 0 Å². The van der Waals surface area contributed by atoms with Gasteiger partial charge in [-0.3, -0.25) is 0 Å². The number of rotatable bonds is 8. The smallest absolute Gasteiger partial charge is 0.0628 e. The summed E-state index contributed by atoms with van der Waals surface area (Å²) in [5.41, 5.74) is 5.46. The Labute approximate surface area is 89.2 Å². The Morgan fingerprint density at radius 2 is 1.79 bits per heavy atom. The molecule has 86 valence electrons. The molecule has 0 unspecified atom stereocenters. The fourth-order valence-electron chi connectivity index (χ4n) is 1.81. The van der Waals surface area contributed by atoms with Gasteiger partial charge in [-0.2, -0.15) is 0 Å². The summed E-state index contributed by atoms with van der Waals surface area (Å²) in [6.07, 6.45) is 4.57. The van der Waals surface area contributed by atoms with E-state index in [4.69, 9.17) is 10.5 Å². The summed E-state index contributed by atoms with van der Waals surface area (Å²) in [7, 11) is 0. The molecule has 0 saturated carbocycles. The van der Waals surface area contributed by atoms with Gasteiger partial charge in [0.15, 0.2) is 0 Å². The Morgan fingerprint density at radius 1 is 1.14 bits per heavy atom. The summed E-state index contributed by atoms with van der Waals surface area (Å²) < 4.78 is 5.85. The Bertz CT molecular complexity index is 132. The molecule has 0 aliphatic heterocycles. The van der Waals surface area contributed by atoms with E-state index in [0.29, 0.717) is 5.92 Å². The van der Waals surface area contributed by atoms with Gasteiger partial charge < -0.3 is 10.5 Å². The zero-order valence-electron chi connectivity index (χ0n) is 10.3. The van der Waals surface area contributed by atoms with Crippen LogP contribution in [0.15, 0.2) is 0 Å². The molecule has 0 aliphatic carbocycles. The third-order valence-corrected chi connectivity index (χ3v) is 2.24. The molecular weight excluding hydrogens is 174 g/mol. The second-order valence-electron chi connectivity index (χ2n) is 5.06. The van der Waals surface area contributed by atoms with E-state index in [2.05, 4.69) is 27.7 Å². The number of hydrogen-bond acceptors (Lipinski definition) is 2. The van der Waals surface area contributed by atoms with Gasteiger partial charge in [-0.15, -0.1) is 0 Å². The SMILES string of the molecule is CC(C)CC(C)(C)OCCCCCN. The number of ether oxygens (including phenoxy) is 1. The van der Waals surface area contributed by atoms with E-state index in [1.165, 1.54) is 6.42 Å². The van der Waals surface area contributed by atoms with Gasteiger partial charge >= 0.3 is 0 Å². The highest BCUT2D eigenvalue weighted by atomic mass is 16.5. The predicted molar refractivity (Wildman–Crippen MR) is 62.4 cm³/mol. The zero-order chi connectivity index (χ0) is 11.0. The summed E-state index contributed by atoms with van der Waals surface area (Å²) in [6.45, 7) is 10.5. The lowest BCUT2D eigenvalue weighted by atomic mass is 9.96. The maximum Gasteiger partial charge on any atom is 0.0628 e. The average Bonchev–Trinajstić information content (AvgIpc) is 2.01. The molecule has 2 N–H and O–H groups in total. The molecule has 0 radical (unpaired) electrons. The maximum absolute atomic E-state index is 5.85. The van der Waals surface area contributed by atoms with Gasteiger partial charge in [0.25, 0.3) is 0 Å². The molecule has 14 heavy (non-hydrogen) atoms. The summed E-state index contributed by atoms with van der Waals surface area (Å²) in [4.78, 5) is 0. The Hall–Kier alpha value is -0.0800. The van der Waals surface area contributed by atoms with Crippen LogP contribution in [0.5, 0.6) is 0 Å². The molecule has 0 aromatic rings. The largest absolute Gasteiger partial charge is 0.376 e. The number of unbranched alkanes of at least 4 members (excludes halogenated alkanes) is 2. The molecule has 0 aromatic carbocycles. The van der Waals surface area contributed by atoms with Crippen LogP contribution in [0.25, 0.3) is 0 Å². The van der Waals surface area contributed by atoms with Crippen LogP contribution >= 0.6 is 0 Å². The van der Waals surface area contributed by atoms with Gasteiger partial charge in [-0.1, -0.05) is 13.8 Å². The molecule has 0 amide bonds. The van der Waals surface area contributed by atoms with Gasteiger partial charge in [0.1, 0.15) is 0 Å². The Kier molecular flexibility index (Phi) is 7.20. The van der Waals surface area contributed by atoms with E-state index in [0.717, 1.165) is 32.4 Å². The predicted octanol–water partition coefficient (Wildman–Crippen LogP) is 2.96. The number of nitrogens with two attached hydrogens (primary N) is 1. The van der Waals surface area contributed by atoms with Gasteiger partial charge in [0, 0.05) is 6.61 Å². The van der Waals surface area contributed by atoms with Gasteiger partial charge in [-0.25, -0.2) is 0 Å². The monoisotopic (exact) mass is 201 g/mol. The summed E-state index contributed by atoms with van der Waals surface area (Å²) in [5, 5.41) is 0. The summed E-state index contributed by atoms with van der Waals surface area (Å²) >= 11 is 0. The van der Waals surface area contributed by atoms with Crippen molar-refractivity contribution in [2.75, 3.05) is 13.2 Å². The first-order valence-electron chi connectivity index (χ1n) is 5.82. The van der Waals surface area contributed by atoms with Crippen molar-refractivity contribution in [2.24, 2.45) is 11.7 Å². The molecule has 2 heteroatoms. The fraction of sp³-hybridized carbons (Fsp3) is 1.00. The minimum atomic E-state index is 0.0386. The molecule has 0 aliphatic rings. The fourth-order valence-corrected chi connectivity index (χ4v) is 1.81. The average molecular weight is 201 g/mol. The van der Waals surface area contributed by atoms with E-state index in [1.54, 1.807) is 0 Å². The third kappa shape index (κ3) is 8.52. The molecule has 0 spiro atoms. The second kappa shape index (κ2) is 7.24. The van der Waals surface area contributed by atoms with Crippen LogP contribution in [0.4, 0.5) is 0 Å². The topological polar surface area (TPSA) is 35.2 Å². The minimum absolute atomic E-state index is 0.0386. The van der Waals surface area contributed by atoms with Crippen molar-refractivity contribution >= 4 is 0 Å². The van der Waals surface area contributed by atoms with Crippen LogP contribution < -0.4 is 5.73 Å². The molecule has 0 saturated heterocycles. The lowest BCUT2D eigenvalue weighted by molar-refractivity contribution is -0.0327. The van der Waals surface area contributed by atoms with Gasteiger partial charge in [0.05, 0.1) is 5.60 Å². The second-order valence-corrected chi connectivity index (χ2v) is 5.06. The summed E-state index contributed by atoms with van der Waals surface area (Å²) in [5.74, 6) is 0.703. The maximum atomic E-state index is 5.85. The molecule has 0 rings (SSSR count). The lowest BCUT2D eigenvalue weighted by Gasteiger charge is -2.27. The van der Waals surface area contributed by atoms with Crippen molar-refractivity contribution in [3.8, 4) is 0 Å². The zero-order valence-corrected chi connectivity index (χ0v) is 10.3. The quantitative estimate of drug-likeness (QED) is 0.613. The molecule has 0 bridgehead atoms. The normalized spacial score (nSPS) is 12.4. The van der Waals surface area contributed by atoms with Gasteiger partial charge in [-0.05, 0) is 52.0 Å². The molecule has 0 atom stereocenters. The molecular formula is C12H27NO. The van der Waals surface area contributed by atoms with E-state index in [1.807, 2.05) is 0 Å². The highest BCUT2D eigenvalue weighted by Gasteiger charge is 2.19. The van der Waals surface area contributed by atoms with Crippen LogP contribution in [0.3, 0.4) is 0 Å². The summed E-state index contributed by atoms with van der Waals surface area (Å²) in [6, 6.07) is 0. The van der Waals surface area contributed by atoms with Crippen LogP contribution in [0, 0.1) is 5.92 Å². The van der Waals surface area contributed by atoms with E-state index < -0.39 is 0 Å². The molecule has 2 nitrogen and oxygen atoms in total. The van der Waals surface area contributed by atoms with Crippen molar-refractivity contribution in [1.29, 1.82) is 0 Å². The Morgan fingerprint density at radius 3 is 2.29 bits per heavy atom. The van der Waals surface area contributed by atoms with Crippen molar-refractivity contribution in [1.82, 2.24) is 0 Å². The lowest BCUT2D eigenvalue weighted by Crippen LogP contribution is -2.27. The van der Waals surface area contributed by atoms with Crippen molar-refractivity contribution in [3.05, 3.63) is 0 Å². The van der Waals surface area contributed by atoms with E-state index in [9.17, 15) is 0 Å². The van der Waals surface area contributed by atoms with Crippen molar-refractivity contribution < 1.29 is 4.74 Å². The first-order chi connectivity index (χ1) is 6.48. The first-order valence-corrected chi connectivity index (χ1v) is 5.82. The van der Waals surface area contributed by atoms with Crippen LogP contribution in [0.1, 0.15) is 53.4 Å². The first kappa shape index (κ1) is 13.9. The van der Waals surface area contributed by atoms with Crippen molar-refractivity contribution in [3.63, 3.8) is 0 Å².